The molecule has 138 valence electrons. The highest BCUT2D eigenvalue weighted by Crippen LogP contribution is 2.23. The summed E-state index contributed by atoms with van der Waals surface area (Å²) in [6.07, 6.45) is 1.60. The summed E-state index contributed by atoms with van der Waals surface area (Å²) in [6.45, 7) is 0. The Morgan fingerprint density at radius 2 is 1.74 bits per heavy atom. The van der Waals surface area contributed by atoms with Crippen molar-refractivity contribution in [3.63, 3.8) is 0 Å². The number of hydrazone groups is 1. The van der Waals surface area contributed by atoms with Crippen molar-refractivity contribution in [3.05, 3.63) is 63.0 Å². The molecule has 3 aromatic rings. The highest BCUT2D eigenvalue weighted by molar-refractivity contribution is 9.10. The van der Waals surface area contributed by atoms with Crippen LogP contribution in [0.5, 0.6) is 0 Å². The summed E-state index contributed by atoms with van der Waals surface area (Å²) in [5.74, 6) is 0.740. The van der Waals surface area contributed by atoms with E-state index in [4.69, 9.17) is 0 Å². The Morgan fingerprint density at radius 1 is 1.11 bits per heavy atom. The minimum atomic E-state index is -0.207. The molecular formula is C18H15Br2N5OS. The van der Waals surface area contributed by atoms with Crippen LogP contribution in [0.2, 0.25) is 0 Å². The number of aromatic nitrogens is 3. The topological polar surface area (TPSA) is 72.2 Å². The quantitative estimate of drug-likeness (QED) is 0.307. The van der Waals surface area contributed by atoms with Gasteiger partial charge >= 0.3 is 0 Å². The van der Waals surface area contributed by atoms with Crippen LogP contribution in [-0.4, -0.2) is 32.6 Å². The number of carbonyl (C=O) groups excluding carboxylic acids is 1. The lowest BCUT2D eigenvalue weighted by Gasteiger charge is -2.04. The van der Waals surface area contributed by atoms with Crippen LogP contribution in [0.15, 0.2) is 67.7 Å². The standard InChI is InChI=1S/C18H15Br2N5OS/c1-25-17(13-4-8-15(20)9-5-13)23-24-18(25)27-11-16(26)22-21-10-12-2-6-14(19)7-3-12/h2-10H,11H2,1H3,(H,22,26). The summed E-state index contributed by atoms with van der Waals surface area (Å²) in [4.78, 5) is 12.0. The molecule has 0 unspecified atom stereocenters. The Labute approximate surface area is 177 Å². The molecule has 6 nitrogen and oxygen atoms in total. The van der Waals surface area contributed by atoms with Gasteiger partial charge in [-0.15, -0.1) is 10.2 Å². The van der Waals surface area contributed by atoms with E-state index in [1.807, 2.05) is 60.1 Å². The van der Waals surface area contributed by atoms with Gasteiger partial charge in [-0.25, -0.2) is 5.43 Å². The monoisotopic (exact) mass is 507 g/mol. The van der Waals surface area contributed by atoms with Crippen molar-refractivity contribution in [2.45, 2.75) is 5.16 Å². The molecule has 27 heavy (non-hydrogen) atoms. The van der Waals surface area contributed by atoms with Crippen molar-refractivity contribution in [1.82, 2.24) is 20.2 Å². The maximum Gasteiger partial charge on any atom is 0.250 e. The van der Waals surface area contributed by atoms with Crippen LogP contribution in [0.4, 0.5) is 0 Å². The average Bonchev–Trinajstić information content (AvgIpc) is 3.03. The number of nitrogens with zero attached hydrogens (tertiary/aromatic N) is 4. The Bertz CT molecular complexity index is 955. The number of benzene rings is 2. The molecule has 0 atom stereocenters. The molecule has 1 N–H and O–H groups in total. The molecule has 0 saturated heterocycles. The SMILES string of the molecule is Cn1c(SCC(=O)NN=Cc2ccc(Br)cc2)nnc1-c1ccc(Br)cc1. The molecule has 0 aliphatic heterocycles. The highest BCUT2D eigenvalue weighted by Gasteiger charge is 2.12. The first kappa shape index (κ1) is 19.8. The first-order valence-electron chi connectivity index (χ1n) is 7.88. The van der Waals surface area contributed by atoms with Crippen LogP contribution in [0, 0.1) is 0 Å². The largest absolute Gasteiger partial charge is 0.305 e. The van der Waals surface area contributed by atoms with Gasteiger partial charge < -0.3 is 4.57 Å². The summed E-state index contributed by atoms with van der Waals surface area (Å²) >= 11 is 8.10. The molecular weight excluding hydrogens is 494 g/mol. The Morgan fingerprint density at radius 3 is 2.41 bits per heavy atom. The third-order valence-electron chi connectivity index (χ3n) is 3.54. The fraction of sp³-hybridized carbons (Fsp3) is 0.111. The van der Waals surface area contributed by atoms with Gasteiger partial charge in [0.2, 0.25) is 0 Å². The number of rotatable bonds is 6. The second kappa shape index (κ2) is 9.29. The fourth-order valence-corrected chi connectivity index (χ4v) is 3.41. The van der Waals surface area contributed by atoms with Gasteiger partial charge in [-0.05, 0) is 29.8 Å². The molecule has 0 aliphatic rings. The molecule has 0 bridgehead atoms. The molecule has 0 spiro atoms. The summed E-state index contributed by atoms with van der Waals surface area (Å²) in [6, 6.07) is 15.5. The van der Waals surface area contributed by atoms with Gasteiger partial charge in [0.1, 0.15) is 0 Å². The van der Waals surface area contributed by atoms with Crippen LogP contribution in [0.3, 0.4) is 0 Å². The predicted molar refractivity (Wildman–Crippen MR) is 115 cm³/mol. The lowest BCUT2D eigenvalue weighted by atomic mass is 10.2. The number of hydrogen-bond donors (Lipinski definition) is 1. The van der Waals surface area contributed by atoms with Gasteiger partial charge in [0.05, 0.1) is 12.0 Å². The van der Waals surface area contributed by atoms with Crippen molar-refractivity contribution in [3.8, 4) is 11.4 Å². The van der Waals surface area contributed by atoms with Crippen molar-refractivity contribution in [2.24, 2.45) is 12.1 Å². The minimum Gasteiger partial charge on any atom is -0.305 e. The third kappa shape index (κ3) is 5.50. The number of nitrogens with one attached hydrogen (secondary N) is 1. The van der Waals surface area contributed by atoms with Crippen molar-refractivity contribution >= 4 is 55.7 Å². The maximum absolute atomic E-state index is 12.0. The number of carbonyl (C=O) groups is 1. The summed E-state index contributed by atoms with van der Waals surface area (Å²) in [7, 11) is 1.88. The fourth-order valence-electron chi connectivity index (χ4n) is 2.18. The number of hydrogen-bond acceptors (Lipinski definition) is 5. The number of amides is 1. The third-order valence-corrected chi connectivity index (χ3v) is 5.62. The molecule has 0 saturated carbocycles. The van der Waals surface area contributed by atoms with E-state index in [9.17, 15) is 4.79 Å². The average molecular weight is 509 g/mol. The molecule has 1 heterocycles. The van der Waals surface area contributed by atoms with Crippen LogP contribution >= 0.6 is 43.6 Å². The molecule has 9 heteroatoms. The van der Waals surface area contributed by atoms with Crippen LogP contribution in [0.1, 0.15) is 5.56 Å². The van der Waals surface area contributed by atoms with Crippen LogP contribution in [-0.2, 0) is 11.8 Å². The first-order valence-corrected chi connectivity index (χ1v) is 10.5. The van der Waals surface area contributed by atoms with Crippen molar-refractivity contribution < 1.29 is 4.79 Å². The molecule has 1 amide bonds. The van der Waals surface area contributed by atoms with Gasteiger partial charge in [-0.3, -0.25) is 4.79 Å². The van der Waals surface area contributed by atoms with Crippen molar-refractivity contribution in [1.29, 1.82) is 0 Å². The Balaban J connectivity index is 1.54. The van der Waals surface area contributed by atoms with Gasteiger partial charge in [0.15, 0.2) is 11.0 Å². The minimum absolute atomic E-state index is 0.198. The summed E-state index contributed by atoms with van der Waals surface area (Å²) in [5, 5.41) is 13.0. The Kier molecular flexibility index (Phi) is 6.81. The van der Waals surface area contributed by atoms with Crippen LogP contribution < -0.4 is 5.43 Å². The van der Waals surface area contributed by atoms with E-state index in [-0.39, 0.29) is 11.7 Å². The van der Waals surface area contributed by atoms with E-state index < -0.39 is 0 Å². The second-order valence-electron chi connectivity index (χ2n) is 5.51. The molecule has 3 rings (SSSR count). The lowest BCUT2D eigenvalue weighted by Crippen LogP contribution is -2.19. The van der Waals surface area contributed by atoms with Gasteiger partial charge in [0.25, 0.3) is 5.91 Å². The van der Waals surface area contributed by atoms with Gasteiger partial charge in [0, 0.05) is 21.6 Å². The predicted octanol–water partition coefficient (Wildman–Crippen LogP) is 4.25. The second-order valence-corrected chi connectivity index (χ2v) is 8.28. The zero-order valence-electron chi connectivity index (χ0n) is 14.3. The molecule has 0 fully saturated rings. The maximum atomic E-state index is 12.0. The molecule has 0 radical (unpaired) electrons. The molecule has 0 aliphatic carbocycles. The normalized spacial score (nSPS) is 11.1. The highest BCUT2D eigenvalue weighted by atomic mass is 79.9. The van der Waals surface area contributed by atoms with E-state index in [1.54, 1.807) is 6.21 Å². The van der Waals surface area contributed by atoms with E-state index in [0.29, 0.717) is 5.16 Å². The summed E-state index contributed by atoms with van der Waals surface area (Å²) in [5.41, 5.74) is 4.38. The van der Waals surface area contributed by atoms with Crippen LogP contribution in [0.25, 0.3) is 11.4 Å². The molecule has 2 aromatic carbocycles. The number of halogens is 2. The van der Waals surface area contributed by atoms with Crippen molar-refractivity contribution in [2.75, 3.05) is 5.75 Å². The van der Waals surface area contributed by atoms with E-state index in [0.717, 1.165) is 25.9 Å². The number of thioether (sulfide) groups is 1. The molecule has 1 aromatic heterocycles. The zero-order chi connectivity index (χ0) is 19.2. The zero-order valence-corrected chi connectivity index (χ0v) is 18.3. The van der Waals surface area contributed by atoms with Gasteiger partial charge in [-0.1, -0.05) is 67.9 Å². The van der Waals surface area contributed by atoms with E-state index in [1.165, 1.54) is 11.8 Å². The van der Waals surface area contributed by atoms with Gasteiger partial charge in [-0.2, -0.15) is 5.10 Å². The van der Waals surface area contributed by atoms with E-state index >= 15 is 0 Å². The lowest BCUT2D eigenvalue weighted by molar-refractivity contribution is -0.118. The Hall–Kier alpha value is -1.97. The summed E-state index contributed by atoms with van der Waals surface area (Å²) < 4.78 is 3.86. The van der Waals surface area contributed by atoms with E-state index in [2.05, 4.69) is 52.6 Å². The first-order chi connectivity index (χ1) is 13.0. The smallest absolute Gasteiger partial charge is 0.250 e.